The monoisotopic (exact) mass is 218 g/mol. The lowest BCUT2D eigenvalue weighted by atomic mass is 10.0. The Morgan fingerprint density at radius 3 is 3.06 bits per heavy atom. The van der Waals surface area contributed by atoms with E-state index in [4.69, 9.17) is 5.73 Å². The van der Waals surface area contributed by atoms with E-state index in [-0.39, 0.29) is 5.92 Å². The van der Waals surface area contributed by atoms with Crippen LogP contribution in [-0.2, 0) is 0 Å². The average Bonchev–Trinajstić information content (AvgIpc) is 2.75. The summed E-state index contributed by atoms with van der Waals surface area (Å²) < 4.78 is 0. The van der Waals surface area contributed by atoms with Crippen LogP contribution in [0.2, 0.25) is 0 Å². The number of hydrazine groups is 1. The van der Waals surface area contributed by atoms with E-state index >= 15 is 0 Å². The molecule has 0 saturated carbocycles. The van der Waals surface area contributed by atoms with Crippen LogP contribution in [0, 0.1) is 0 Å². The molecule has 1 aromatic rings. The molecule has 0 saturated heterocycles. The highest BCUT2D eigenvalue weighted by Gasteiger charge is 2.22. The Labute approximate surface area is 93.7 Å². The molecule has 1 heterocycles. The number of carbonyl (C=O) groups is 1. The fourth-order valence-electron chi connectivity index (χ4n) is 1.86. The summed E-state index contributed by atoms with van der Waals surface area (Å²) in [5.74, 6) is 0.216. The Kier molecular flexibility index (Phi) is 3.05. The van der Waals surface area contributed by atoms with Crippen molar-refractivity contribution in [3.8, 4) is 0 Å². The van der Waals surface area contributed by atoms with E-state index in [0.717, 1.165) is 24.2 Å². The highest BCUT2D eigenvalue weighted by molar-refractivity contribution is 5.71. The number of pyridine rings is 1. The van der Waals surface area contributed by atoms with E-state index in [0.29, 0.717) is 0 Å². The molecule has 4 N–H and O–H groups in total. The van der Waals surface area contributed by atoms with Gasteiger partial charge in [-0.05, 0) is 25.0 Å². The summed E-state index contributed by atoms with van der Waals surface area (Å²) in [4.78, 5) is 14.9. The second-order valence-corrected chi connectivity index (χ2v) is 3.66. The van der Waals surface area contributed by atoms with Gasteiger partial charge in [0.1, 0.15) is 0 Å². The number of allylic oxidation sites excluding steroid dienone is 2. The largest absolute Gasteiger partial charge is 0.350 e. The number of rotatable bonds is 3. The predicted octanol–water partition coefficient (Wildman–Crippen LogP) is 1.02. The van der Waals surface area contributed by atoms with E-state index in [1.54, 1.807) is 6.20 Å². The zero-order chi connectivity index (χ0) is 11.4. The first kappa shape index (κ1) is 10.5. The normalized spacial score (nSPS) is 19.0. The minimum absolute atomic E-state index is 0.216. The van der Waals surface area contributed by atoms with Gasteiger partial charge in [-0.25, -0.2) is 4.79 Å². The summed E-state index contributed by atoms with van der Waals surface area (Å²) in [6.45, 7) is 0. The van der Waals surface area contributed by atoms with Crippen LogP contribution in [0.3, 0.4) is 0 Å². The van der Waals surface area contributed by atoms with Gasteiger partial charge in [-0.2, -0.15) is 0 Å². The summed E-state index contributed by atoms with van der Waals surface area (Å²) >= 11 is 0. The molecular formula is C11H14N4O. The maximum absolute atomic E-state index is 10.6. The van der Waals surface area contributed by atoms with Gasteiger partial charge in [0.2, 0.25) is 0 Å². The van der Waals surface area contributed by atoms with Crippen LogP contribution in [0.5, 0.6) is 0 Å². The second-order valence-electron chi connectivity index (χ2n) is 3.66. The number of nitrogens with two attached hydrogens (primary N) is 1. The molecule has 0 bridgehead atoms. The molecule has 2 amide bonds. The second kappa shape index (κ2) is 4.65. The lowest BCUT2D eigenvalue weighted by Gasteiger charge is -2.15. The molecule has 5 heteroatoms. The molecule has 1 atom stereocenters. The van der Waals surface area contributed by atoms with Crippen molar-refractivity contribution in [3.63, 3.8) is 0 Å². The number of carbonyl (C=O) groups excluding carboxylic acids is 1. The maximum Gasteiger partial charge on any atom is 0.330 e. The molecule has 1 aliphatic carbocycles. The van der Waals surface area contributed by atoms with Crippen molar-refractivity contribution in [3.05, 3.63) is 41.9 Å². The summed E-state index contributed by atoms with van der Waals surface area (Å²) in [6.07, 6.45) is 5.80. The summed E-state index contributed by atoms with van der Waals surface area (Å²) in [7, 11) is 0. The molecular weight excluding hydrogens is 204 g/mol. The van der Waals surface area contributed by atoms with Gasteiger partial charge in [0, 0.05) is 23.5 Å². The zero-order valence-corrected chi connectivity index (χ0v) is 8.81. The quantitative estimate of drug-likeness (QED) is 0.662. The van der Waals surface area contributed by atoms with Gasteiger partial charge >= 0.3 is 6.03 Å². The summed E-state index contributed by atoms with van der Waals surface area (Å²) in [6, 6.07) is 5.24. The van der Waals surface area contributed by atoms with Gasteiger partial charge in [0.05, 0.1) is 0 Å². The molecule has 0 fully saturated rings. The molecule has 84 valence electrons. The topological polar surface area (TPSA) is 80.0 Å². The van der Waals surface area contributed by atoms with Gasteiger partial charge in [-0.1, -0.05) is 12.1 Å². The average molecular weight is 218 g/mol. The highest BCUT2D eigenvalue weighted by atomic mass is 16.2. The summed E-state index contributed by atoms with van der Waals surface area (Å²) in [5.41, 5.74) is 12.2. The molecule has 0 radical (unpaired) electrons. The van der Waals surface area contributed by atoms with Crippen molar-refractivity contribution in [2.24, 2.45) is 5.73 Å². The van der Waals surface area contributed by atoms with E-state index in [1.165, 1.54) is 0 Å². The number of nitrogens with zero attached hydrogens (tertiary/aromatic N) is 1. The third-order valence-electron chi connectivity index (χ3n) is 2.57. The number of nitrogens with one attached hydrogen (secondary N) is 2. The van der Waals surface area contributed by atoms with Gasteiger partial charge in [-0.15, -0.1) is 0 Å². The molecule has 2 rings (SSSR count). The zero-order valence-electron chi connectivity index (χ0n) is 8.81. The van der Waals surface area contributed by atoms with Gasteiger partial charge < -0.3 is 11.2 Å². The van der Waals surface area contributed by atoms with Crippen LogP contribution in [0.1, 0.15) is 24.5 Å². The molecule has 0 spiro atoms. The minimum Gasteiger partial charge on any atom is -0.350 e. The Balaban J connectivity index is 2.06. The Bertz CT molecular complexity index is 402. The number of primary amides is 1. The first-order valence-electron chi connectivity index (χ1n) is 5.20. The lowest BCUT2D eigenvalue weighted by molar-refractivity contribution is 0.246. The maximum atomic E-state index is 10.6. The molecule has 5 nitrogen and oxygen atoms in total. The predicted molar refractivity (Wildman–Crippen MR) is 60.1 cm³/mol. The Morgan fingerprint density at radius 2 is 2.38 bits per heavy atom. The van der Waals surface area contributed by atoms with Crippen molar-refractivity contribution in [2.45, 2.75) is 18.8 Å². The van der Waals surface area contributed by atoms with E-state index in [9.17, 15) is 4.79 Å². The Morgan fingerprint density at radius 1 is 1.50 bits per heavy atom. The van der Waals surface area contributed by atoms with Gasteiger partial charge in [-0.3, -0.25) is 10.4 Å². The third-order valence-corrected chi connectivity index (χ3v) is 2.57. The van der Waals surface area contributed by atoms with E-state index in [2.05, 4.69) is 21.9 Å². The standard InChI is InChI=1S/C11H14N4O/c12-11(16)15-14-10-6-3-4-8(10)9-5-1-2-7-13-9/h1-2,5-8,14H,3-4H2,(H3,12,15,16). The molecule has 0 aliphatic heterocycles. The van der Waals surface area contributed by atoms with Crippen molar-refractivity contribution in [2.75, 3.05) is 0 Å². The third kappa shape index (κ3) is 2.31. The van der Waals surface area contributed by atoms with E-state index in [1.807, 2.05) is 18.2 Å². The number of aromatic nitrogens is 1. The molecule has 0 aromatic carbocycles. The molecule has 16 heavy (non-hydrogen) atoms. The number of hydrogen-bond donors (Lipinski definition) is 3. The first-order chi connectivity index (χ1) is 7.77. The van der Waals surface area contributed by atoms with Crippen LogP contribution >= 0.6 is 0 Å². The van der Waals surface area contributed by atoms with E-state index < -0.39 is 6.03 Å². The SMILES string of the molecule is NC(=O)NNC1=CCCC1c1ccccn1. The van der Waals surface area contributed by atoms with Gasteiger partial charge in [0.25, 0.3) is 0 Å². The minimum atomic E-state index is -0.590. The number of amides is 2. The molecule has 1 aliphatic rings. The van der Waals surface area contributed by atoms with Crippen molar-refractivity contribution < 1.29 is 4.79 Å². The molecule has 1 unspecified atom stereocenters. The van der Waals surface area contributed by atoms with Crippen LogP contribution in [0.25, 0.3) is 0 Å². The fourth-order valence-corrected chi connectivity index (χ4v) is 1.86. The molecule has 1 aromatic heterocycles. The lowest BCUT2D eigenvalue weighted by Crippen LogP contribution is -2.41. The number of hydrogen-bond acceptors (Lipinski definition) is 3. The summed E-state index contributed by atoms with van der Waals surface area (Å²) in [5, 5.41) is 0. The number of urea groups is 1. The Hall–Kier alpha value is -2.04. The first-order valence-corrected chi connectivity index (χ1v) is 5.20. The van der Waals surface area contributed by atoms with Crippen LogP contribution in [0.4, 0.5) is 4.79 Å². The highest BCUT2D eigenvalue weighted by Crippen LogP contribution is 2.31. The fraction of sp³-hybridized carbons (Fsp3) is 0.273. The smallest absolute Gasteiger partial charge is 0.330 e. The van der Waals surface area contributed by atoms with Crippen molar-refractivity contribution in [1.29, 1.82) is 0 Å². The van der Waals surface area contributed by atoms with Crippen LogP contribution < -0.4 is 16.6 Å². The van der Waals surface area contributed by atoms with Crippen molar-refractivity contribution >= 4 is 6.03 Å². The van der Waals surface area contributed by atoms with Crippen LogP contribution in [0.15, 0.2) is 36.2 Å². The van der Waals surface area contributed by atoms with Crippen molar-refractivity contribution in [1.82, 2.24) is 15.8 Å². The van der Waals surface area contributed by atoms with Crippen LogP contribution in [-0.4, -0.2) is 11.0 Å². The van der Waals surface area contributed by atoms with Gasteiger partial charge in [0.15, 0.2) is 0 Å².